The molecule has 4 nitrogen and oxygen atoms in total. The molecule has 0 fully saturated rings. The molecule has 0 aliphatic carbocycles. The molecule has 1 N–H and O–H groups in total. The Bertz CT molecular complexity index is 679. The van der Waals surface area contributed by atoms with Gasteiger partial charge in [-0.1, -0.05) is 29.8 Å². The molecule has 1 aromatic heterocycles. The highest BCUT2D eigenvalue weighted by atomic mass is 35.5. The maximum atomic E-state index is 12.2. The lowest BCUT2D eigenvalue weighted by Gasteiger charge is -2.05. The van der Waals surface area contributed by atoms with Crippen molar-refractivity contribution in [3.05, 3.63) is 58.5 Å². The van der Waals surface area contributed by atoms with E-state index in [-0.39, 0.29) is 11.5 Å². The van der Waals surface area contributed by atoms with Crippen molar-refractivity contribution >= 4 is 21.4 Å². The summed E-state index contributed by atoms with van der Waals surface area (Å²) in [5, 5.41) is 3.41. The van der Waals surface area contributed by atoms with E-state index < -0.39 is 9.84 Å². The van der Waals surface area contributed by atoms with Crippen molar-refractivity contribution in [2.75, 3.05) is 7.05 Å². The number of hydrogen-bond acceptors (Lipinski definition) is 4. The quantitative estimate of drug-likeness (QED) is 0.891. The van der Waals surface area contributed by atoms with Crippen LogP contribution in [0.1, 0.15) is 17.1 Å². The minimum absolute atomic E-state index is 0.0886. The third-order valence-electron chi connectivity index (χ3n) is 2.76. The van der Waals surface area contributed by atoms with E-state index in [1.54, 1.807) is 43.4 Å². The predicted molar refractivity (Wildman–Crippen MR) is 79.3 cm³/mol. The molecule has 0 radical (unpaired) electrons. The van der Waals surface area contributed by atoms with Gasteiger partial charge in [0, 0.05) is 5.02 Å². The number of furan rings is 1. The molecule has 0 spiro atoms. The topological polar surface area (TPSA) is 59.3 Å². The first-order valence-electron chi connectivity index (χ1n) is 6.16. The summed E-state index contributed by atoms with van der Waals surface area (Å²) < 4.78 is 29.8. The van der Waals surface area contributed by atoms with Gasteiger partial charge in [0.05, 0.1) is 12.3 Å². The van der Waals surface area contributed by atoms with Crippen molar-refractivity contribution in [2.24, 2.45) is 0 Å². The Kier molecular flexibility index (Phi) is 4.86. The molecular weight excluding hydrogens is 298 g/mol. The van der Waals surface area contributed by atoms with E-state index in [9.17, 15) is 8.42 Å². The first-order valence-corrected chi connectivity index (χ1v) is 8.36. The number of benzene rings is 1. The van der Waals surface area contributed by atoms with E-state index in [1.165, 1.54) is 0 Å². The van der Waals surface area contributed by atoms with Gasteiger partial charge in [-0.3, -0.25) is 0 Å². The molecule has 1 aromatic carbocycles. The van der Waals surface area contributed by atoms with Crippen LogP contribution in [-0.4, -0.2) is 15.5 Å². The van der Waals surface area contributed by atoms with Crippen LogP contribution in [0, 0.1) is 0 Å². The highest BCUT2D eigenvalue weighted by Crippen LogP contribution is 2.20. The molecule has 6 heteroatoms. The second kappa shape index (κ2) is 6.43. The lowest BCUT2D eigenvalue weighted by Crippen LogP contribution is -2.07. The zero-order chi connectivity index (χ0) is 14.6. The van der Waals surface area contributed by atoms with Crippen molar-refractivity contribution in [1.29, 1.82) is 0 Å². The molecule has 0 saturated heterocycles. The van der Waals surface area contributed by atoms with Gasteiger partial charge in [0.15, 0.2) is 9.84 Å². The van der Waals surface area contributed by atoms with Gasteiger partial charge in [0.2, 0.25) is 0 Å². The summed E-state index contributed by atoms with van der Waals surface area (Å²) in [6, 6.07) is 10.4. The van der Waals surface area contributed by atoms with Gasteiger partial charge in [0.1, 0.15) is 17.3 Å². The van der Waals surface area contributed by atoms with Gasteiger partial charge >= 0.3 is 0 Å². The second-order valence-corrected chi connectivity index (χ2v) is 6.99. The molecule has 2 aromatic rings. The van der Waals surface area contributed by atoms with Crippen LogP contribution in [0.4, 0.5) is 0 Å². The Balaban J connectivity index is 2.09. The van der Waals surface area contributed by atoms with Gasteiger partial charge in [-0.15, -0.1) is 0 Å². The van der Waals surface area contributed by atoms with Gasteiger partial charge in [0.25, 0.3) is 0 Å². The third kappa shape index (κ3) is 4.10. The highest BCUT2D eigenvalue weighted by molar-refractivity contribution is 7.89. The highest BCUT2D eigenvalue weighted by Gasteiger charge is 2.17. The smallest absolute Gasteiger partial charge is 0.161 e. The van der Waals surface area contributed by atoms with E-state index in [0.29, 0.717) is 22.9 Å². The summed E-state index contributed by atoms with van der Waals surface area (Å²) in [7, 11) is -1.51. The number of sulfone groups is 1. The third-order valence-corrected chi connectivity index (χ3v) is 4.61. The zero-order valence-electron chi connectivity index (χ0n) is 11.1. The predicted octanol–water partition coefficient (Wildman–Crippen LogP) is 2.77. The normalized spacial score (nSPS) is 11.7. The van der Waals surface area contributed by atoms with Crippen molar-refractivity contribution < 1.29 is 12.8 Å². The van der Waals surface area contributed by atoms with Crippen LogP contribution in [-0.2, 0) is 27.9 Å². The van der Waals surface area contributed by atoms with Gasteiger partial charge in [-0.25, -0.2) is 8.42 Å². The van der Waals surface area contributed by atoms with Crippen LogP contribution in [0.5, 0.6) is 0 Å². The van der Waals surface area contributed by atoms with Crippen LogP contribution >= 0.6 is 11.6 Å². The Labute approximate surface area is 123 Å². The zero-order valence-corrected chi connectivity index (χ0v) is 12.7. The number of nitrogens with one attached hydrogen (secondary N) is 1. The summed E-state index contributed by atoms with van der Waals surface area (Å²) in [6.07, 6.45) is 0. The van der Waals surface area contributed by atoms with Gasteiger partial charge in [-0.05, 0) is 30.8 Å². The average Bonchev–Trinajstić information content (AvgIpc) is 2.79. The molecule has 0 amide bonds. The van der Waals surface area contributed by atoms with Crippen LogP contribution in [0.25, 0.3) is 0 Å². The molecule has 0 unspecified atom stereocenters. The van der Waals surface area contributed by atoms with E-state index in [4.69, 9.17) is 16.0 Å². The first kappa shape index (κ1) is 15.1. The van der Waals surface area contributed by atoms with E-state index in [0.717, 1.165) is 5.76 Å². The van der Waals surface area contributed by atoms with E-state index >= 15 is 0 Å². The Morgan fingerprint density at radius 2 is 1.80 bits per heavy atom. The molecular formula is C14H16ClNO3S. The molecule has 108 valence electrons. The summed E-state index contributed by atoms with van der Waals surface area (Å²) in [6.45, 7) is 0.574. The first-order chi connectivity index (χ1) is 9.50. The lowest BCUT2D eigenvalue weighted by atomic mass is 10.2. The lowest BCUT2D eigenvalue weighted by molar-refractivity contribution is 0.465. The molecule has 1 heterocycles. The summed E-state index contributed by atoms with van der Waals surface area (Å²) >= 11 is 5.98. The van der Waals surface area contributed by atoms with Crippen molar-refractivity contribution in [2.45, 2.75) is 18.1 Å². The van der Waals surface area contributed by atoms with Gasteiger partial charge in [-0.2, -0.15) is 0 Å². The fraction of sp³-hybridized carbons (Fsp3) is 0.286. The maximum Gasteiger partial charge on any atom is 0.161 e. The Hall–Kier alpha value is -1.30. The van der Waals surface area contributed by atoms with Crippen LogP contribution in [0.2, 0.25) is 5.02 Å². The van der Waals surface area contributed by atoms with Crippen LogP contribution in [0.3, 0.4) is 0 Å². The maximum absolute atomic E-state index is 12.2. The number of rotatable bonds is 6. The molecule has 2 rings (SSSR count). The minimum atomic E-state index is -3.31. The number of hydrogen-bond donors (Lipinski definition) is 1. The SMILES string of the molecule is CNCc1ccc(CS(=O)(=O)Cc2ccccc2Cl)o1. The second-order valence-electron chi connectivity index (χ2n) is 4.52. The Morgan fingerprint density at radius 1 is 1.10 bits per heavy atom. The largest absolute Gasteiger partial charge is 0.464 e. The monoisotopic (exact) mass is 313 g/mol. The summed E-state index contributed by atoms with van der Waals surface area (Å²) in [4.78, 5) is 0. The summed E-state index contributed by atoms with van der Waals surface area (Å²) in [5.74, 6) is 0.953. The number of halogens is 1. The standard InChI is InChI=1S/C14H16ClNO3S/c1-16-8-12-6-7-13(19-12)10-20(17,18)9-11-4-2-3-5-14(11)15/h2-7,16H,8-10H2,1H3. The molecule has 0 atom stereocenters. The van der Waals surface area contributed by atoms with Crippen LogP contribution < -0.4 is 5.32 Å². The van der Waals surface area contributed by atoms with Crippen molar-refractivity contribution in [3.63, 3.8) is 0 Å². The molecule has 0 bridgehead atoms. The Morgan fingerprint density at radius 3 is 2.50 bits per heavy atom. The van der Waals surface area contributed by atoms with E-state index in [2.05, 4.69) is 5.32 Å². The molecule has 20 heavy (non-hydrogen) atoms. The summed E-state index contributed by atoms with van der Waals surface area (Å²) in [5.41, 5.74) is 0.608. The fourth-order valence-electron chi connectivity index (χ4n) is 1.89. The van der Waals surface area contributed by atoms with Crippen molar-refractivity contribution in [1.82, 2.24) is 5.32 Å². The average molecular weight is 314 g/mol. The van der Waals surface area contributed by atoms with Gasteiger partial charge < -0.3 is 9.73 Å². The van der Waals surface area contributed by atoms with E-state index in [1.807, 2.05) is 0 Å². The molecule has 0 saturated carbocycles. The molecule has 0 aliphatic heterocycles. The fourth-order valence-corrected chi connectivity index (χ4v) is 3.59. The van der Waals surface area contributed by atoms with Crippen LogP contribution in [0.15, 0.2) is 40.8 Å². The molecule has 0 aliphatic rings. The minimum Gasteiger partial charge on any atom is -0.464 e. The van der Waals surface area contributed by atoms with Crippen molar-refractivity contribution in [3.8, 4) is 0 Å².